The minimum atomic E-state index is -0.951. The van der Waals surface area contributed by atoms with Crippen LogP contribution in [0.25, 0.3) is 0 Å². The molecule has 20 heavy (non-hydrogen) atoms. The molecule has 2 N–H and O–H groups in total. The van der Waals surface area contributed by atoms with Gasteiger partial charge in [0.25, 0.3) is 5.91 Å². The zero-order valence-electron chi connectivity index (χ0n) is 11.2. The summed E-state index contributed by atoms with van der Waals surface area (Å²) in [6.07, 6.45) is -1.19. The third kappa shape index (κ3) is 3.96. The Bertz CT molecular complexity index is 458. The molecule has 6 nitrogen and oxygen atoms in total. The number of nitrogens with two attached hydrogens (primary N) is 1. The van der Waals surface area contributed by atoms with Gasteiger partial charge in [-0.2, -0.15) is 0 Å². The van der Waals surface area contributed by atoms with E-state index in [2.05, 4.69) is 0 Å². The number of carbonyl (C=O) groups excluding carboxylic acids is 2. The number of carbonyl (C=O) groups is 2. The molecule has 0 aliphatic carbocycles. The summed E-state index contributed by atoms with van der Waals surface area (Å²) in [5.74, 6) is -0.643. The van der Waals surface area contributed by atoms with E-state index in [9.17, 15) is 9.59 Å². The lowest BCUT2D eigenvalue weighted by molar-refractivity contribution is -0.127. The highest BCUT2D eigenvalue weighted by Gasteiger charge is 2.25. The highest BCUT2D eigenvalue weighted by molar-refractivity contribution is 5.82. The van der Waals surface area contributed by atoms with Crippen LogP contribution in [0.15, 0.2) is 30.3 Å². The van der Waals surface area contributed by atoms with Crippen molar-refractivity contribution in [1.82, 2.24) is 4.90 Å². The summed E-state index contributed by atoms with van der Waals surface area (Å²) in [4.78, 5) is 24.9. The van der Waals surface area contributed by atoms with Crippen molar-refractivity contribution >= 4 is 12.0 Å². The van der Waals surface area contributed by atoms with Crippen LogP contribution in [0.3, 0.4) is 0 Å². The number of morpholine rings is 1. The van der Waals surface area contributed by atoms with E-state index in [1.54, 1.807) is 0 Å². The summed E-state index contributed by atoms with van der Waals surface area (Å²) < 4.78 is 10.4. The van der Waals surface area contributed by atoms with Crippen LogP contribution < -0.4 is 5.73 Å². The van der Waals surface area contributed by atoms with Gasteiger partial charge in [0, 0.05) is 19.5 Å². The summed E-state index contributed by atoms with van der Waals surface area (Å²) >= 11 is 0. The van der Waals surface area contributed by atoms with Gasteiger partial charge in [-0.3, -0.25) is 4.79 Å². The van der Waals surface area contributed by atoms with E-state index in [-0.39, 0.29) is 6.42 Å². The fourth-order valence-electron chi connectivity index (χ4n) is 1.97. The standard InChI is InChI=1S/C14H18N2O4/c15-13(17)12(10-11-4-2-1-3-5-11)20-14(18)16-6-8-19-9-7-16/h1-5,12H,6-10H2,(H2,15,17)/t12-/m0/s1. The molecule has 1 saturated heterocycles. The van der Waals surface area contributed by atoms with Gasteiger partial charge in [-0.05, 0) is 5.56 Å². The van der Waals surface area contributed by atoms with Crippen molar-refractivity contribution in [2.75, 3.05) is 26.3 Å². The maximum atomic E-state index is 11.9. The molecule has 6 heteroatoms. The van der Waals surface area contributed by atoms with E-state index in [0.29, 0.717) is 26.3 Å². The largest absolute Gasteiger partial charge is 0.436 e. The lowest BCUT2D eigenvalue weighted by atomic mass is 10.1. The average molecular weight is 278 g/mol. The second kappa shape index (κ2) is 6.91. The molecule has 1 aliphatic rings. The number of primary amides is 1. The predicted molar refractivity (Wildman–Crippen MR) is 72.0 cm³/mol. The number of nitrogens with zero attached hydrogens (tertiary/aromatic N) is 1. The maximum absolute atomic E-state index is 11.9. The molecule has 1 aromatic carbocycles. The first-order valence-electron chi connectivity index (χ1n) is 6.53. The van der Waals surface area contributed by atoms with Crippen LogP contribution in [0.1, 0.15) is 5.56 Å². The molecule has 0 unspecified atom stereocenters. The van der Waals surface area contributed by atoms with Crippen molar-refractivity contribution < 1.29 is 19.1 Å². The van der Waals surface area contributed by atoms with Gasteiger partial charge in [0.05, 0.1) is 13.2 Å². The molecule has 1 heterocycles. The van der Waals surface area contributed by atoms with Crippen LogP contribution in [0.5, 0.6) is 0 Å². The first-order chi connectivity index (χ1) is 9.66. The van der Waals surface area contributed by atoms with Crippen molar-refractivity contribution in [3.8, 4) is 0 Å². The van der Waals surface area contributed by atoms with Crippen LogP contribution in [0, 0.1) is 0 Å². The van der Waals surface area contributed by atoms with E-state index in [4.69, 9.17) is 15.2 Å². The lowest BCUT2D eigenvalue weighted by Gasteiger charge is -2.27. The van der Waals surface area contributed by atoms with E-state index in [0.717, 1.165) is 5.56 Å². The Morgan fingerprint density at radius 1 is 1.25 bits per heavy atom. The summed E-state index contributed by atoms with van der Waals surface area (Å²) in [7, 11) is 0. The molecule has 1 fully saturated rings. The quantitative estimate of drug-likeness (QED) is 0.872. The zero-order chi connectivity index (χ0) is 14.4. The second-order valence-electron chi connectivity index (χ2n) is 4.56. The molecular formula is C14H18N2O4. The van der Waals surface area contributed by atoms with Crippen molar-refractivity contribution in [3.05, 3.63) is 35.9 Å². The number of rotatable bonds is 4. The third-order valence-electron chi connectivity index (χ3n) is 3.09. The Balaban J connectivity index is 1.95. The number of amides is 2. The number of hydrogen-bond acceptors (Lipinski definition) is 4. The Hall–Kier alpha value is -2.08. The lowest BCUT2D eigenvalue weighted by Crippen LogP contribution is -2.45. The SMILES string of the molecule is NC(=O)[C@H](Cc1ccccc1)OC(=O)N1CCOCC1. The Kier molecular flexibility index (Phi) is 4.95. The summed E-state index contributed by atoms with van der Waals surface area (Å²) in [5.41, 5.74) is 6.20. The Morgan fingerprint density at radius 3 is 2.50 bits per heavy atom. The third-order valence-corrected chi connectivity index (χ3v) is 3.09. The summed E-state index contributed by atoms with van der Waals surface area (Å²) in [5, 5.41) is 0. The second-order valence-corrected chi connectivity index (χ2v) is 4.56. The van der Waals surface area contributed by atoms with Crippen LogP contribution in [-0.2, 0) is 20.7 Å². The molecule has 1 aliphatic heterocycles. The number of ether oxygens (including phenoxy) is 2. The topological polar surface area (TPSA) is 81.9 Å². The van der Waals surface area contributed by atoms with Crippen molar-refractivity contribution in [2.45, 2.75) is 12.5 Å². The van der Waals surface area contributed by atoms with E-state index < -0.39 is 18.1 Å². The van der Waals surface area contributed by atoms with Gasteiger partial charge in [-0.25, -0.2) is 4.79 Å². The average Bonchev–Trinajstić information content (AvgIpc) is 2.48. The van der Waals surface area contributed by atoms with Crippen LogP contribution in [-0.4, -0.2) is 49.3 Å². The van der Waals surface area contributed by atoms with Gasteiger partial charge in [0.1, 0.15) is 0 Å². The Morgan fingerprint density at radius 2 is 1.90 bits per heavy atom. The van der Waals surface area contributed by atoms with Gasteiger partial charge >= 0.3 is 6.09 Å². The molecular weight excluding hydrogens is 260 g/mol. The molecule has 0 aromatic heterocycles. The fourth-order valence-corrected chi connectivity index (χ4v) is 1.97. The van der Waals surface area contributed by atoms with Gasteiger partial charge in [0.2, 0.25) is 0 Å². The highest BCUT2D eigenvalue weighted by atomic mass is 16.6. The molecule has 2 rings (SSSR count). The molecule has 0 spiro atoms. The normalized spacial score (nSPS) is 16.5. The predicted octanol–water partition coefficient (Wildman–Crippen LogP) is 0.552. The molecule has 0 bridgehead atoms. The zero-order valence-corrected chi connectivity index (χ0v) is 11.2. The first kappa shape index (κ1) is 14.3. The van der Waals surface area contributed by atoms with E-state index in [1.165, 1.54) is 4.90 Å². The maximum Gasteiger partial charge on any atom is 0.410 e. The molecule has 2 amide bonds. The smallest absolute Gasteiger partial charge is 0.410 e. The Labute approximate surface area is 117 Å². The van der Waals surface area contributed by atoms with Gasteiger partial charge < -0.3 is 20.1 Å². The molecule has 0 saturated carbocycles. The molecule has 1 atom stereocenters. The van der Waals surface area contributed by atoms with Crippen LogP contribution >= 0.6 is 0 Å². The summed E-state index contributed by atoms with van der Waals surface area (Å²) in [6, 6.07) is 9.31. The highest BCUT2D eigenvalue weighted by Crippen LogP contribution is 2.09. The first-order valence-corrected chi connectivity index (χ1v) is 6.53. The van der Waals surface area contributed by atoms with Gasteiger partial charge in [-0.15, -0.1) is 0 Å². The van der Waals surface area contributed by atoms with Crippen molar-refractivity contribution in [1.29, 1.82) is 0 Å². The van der Waals surface area contributed by atoms with Gasteiger partial charge in [-0.1, -0.05) is 30.3 Å². The molecule has 1 aromatic rings. The van der Waals surface area contributed by atoms with E-state index in [1.807, 2.05) is 30.3 Å². The monoisotopic (exact) mass is 278 g/mol. The van der Waals surface area contributed by atoms with Crippen LogP contribution in [0.2, 0.25) is 0 Å². The van der Waals surface area contributed by atoms with Crippen molar-refractivity contribution in [2.24, 2.45) is 5.73 Å². The van der Waals surface area contributed by atoms with Crippen molar-refractivity contribution in [3.63, 3.8) is 0 Å². The number of benzene rings is 1. The van der Waals surface area contributed by atoms with Gasteiger partial charge in [0.15, 0.2) is 6.10 Å². The molecule has 108 valence electrons. The van der Waals surface area contributed by atoms with Crippen LogP contribution in [0.4, 0.5) is 4.79 Å². The molecule has 0 radical (unpaired) electrons. The summed E-state index contributed by atoms with van der Waals surface area (Å²) in [6.45, 7) is 1.90. The minimum Gasteiger partial charge on any atom is -0.436 e. The number of hydrogen-bond donors (Lipinski definition) is 1. The fraction of sp³-hybridized carbons (Fsp3) is 0.429. The van der Waals surface area contributed by atoms with E-state index >= 15 is 0 Å². The minimum absolute atomic E-state index is 0.284.